The number of carbonyl (C=O) groups is 2. The predicted molar refractivity (Wildman–Crippen MR) is 122 cm³/mol. The summed E-state index contributed by atoms with van der Waals surface area (Å²) in [5.74, 6) is 0.575. The molecule has 190 valence electrons. The first-order chi connectivity index (χ1) is 15.0. The summed E-state index contributed by atoms with van der Waals surface area (Å²) in [5.41, 5.74) is 5.93. The topological polar surface area (TPSA) is 179 Å². The fraction of sp³-hybridized carbons (Fsp3) is 0.889. The molecule has 0 aliphatic carbocycles. The minimum Gasteiger partial charge on any atom is -0.383 e. The van der Waals surface area contributed by atoms with Gasteiger partial charge in [0.05, 0.1) is 64.5 Å². The van der Waals surface area contributed by atoms with E-state index in [2.05, 4.69) is 10.6 Å². The van der Waals surface area contributed by atoms with Crippen molar-refractivity contribution in [3.63, 3.8) is 0 Å². The maximum Gasteiger partial charge on any atom is 0.327 e. The fourth-order valence-corrected chi connectivity index (χ4v) is 3.68. The third-order valence-electron chi connectivity index (χ3n) is 3.76. The van der Waals surface area contributed by atoms with E-state index >= 15 is 0 Å². The van der Waals surface area contributed by atoms with Crippen LogP contribution < -0.4 is 16.4 Å². The Labute approximate surface area is 193 Å². The summed E-state index contributed by atoms with van der Waals surface area (Å²) in [6.07, 6.45) is -0.312. The van der Waals surface area contributed by atoms with Crippen LogP contribution in [0.15, 0.2) is 0 Å². The van der Waals surface area contributed by atoms with Gasteiger partial charge in [-0.05, 0) is 6.92 Å². The highest BCUT2D eigenvalue weighted by molar-refractivity contribution is 7.99. The second kappa shape index (κ2) is 18.6. The summed E-state index contributed by atoms with van der Waals surface area (Å²) in [7, 11) is -2.47. The average Bonchev–Trinajstić information content (AvgIpc) is 2.68. The van der Waals surface area contributed by atoms with Crippen molar-refractivity contribution in [2.75, 3.05) is 71.0 Å². The molecule has 6 N–H and O–H groups in total. The highest BCUT2D eigenvalue weighted by Crippen LogP contribution is 2.33. The molecule has 0 saturated carbocycles. The Morgan fingerprint density at radius 1 is 1.00 bits per heavy atom. The van der Waals surface area contributed by atoms with Crippen LogP contribution >= 0.6 is 19.4 Å². The molecule has 0 bridgehead atoms. The van der Waals surface area contributed by atoms with E-state index in [0.29, 0.717) is 37.9 Å². The summed E-state index contributed by atoms with van der Waals surface area (Å²) >= 11 is 1.46. The summed E-state index contributed by atoms with van der Waals surface area (Å²) in [5, 5.41) is 5.57. The Hall–Kier alpha value is -0.760. The van der Waals surface area contributed by atoms with Gasteiger partial charge < -0.3 is 45.1 Å². The molecular formula is C18H38N3O9PS. The highest BCUT2D eigenvalue weighted by Gasteiger charge is 2.17. The van der Waals surface area contributed by atoms with Gasteiger partial charge in [0.15, 0.2) is 0 Å². The van der Waals surface area contributed by atoms with Gasteiger partial charge in [-0.3, -0.25) is 14.2 Å². The number of hydrogen-bond donors (Lipinski definition) is 5. The van der Waals surface area contributed by atoms with Gasteiger partial charge in [0.25, 0.3) is 0 Å². The maximum atomic E-state index is 12.2. The number of methoxy groups -OCH3 is 1. The molecule has 32 heavy (non-hydrogen) atoms. The number of amides is 2. The number of carbonyl (C=O) groups excluding carboxylic acids is 2. The summed E-state index contributed by atoms with van der Waals surface area (Å²) < 4.78 is 31.5. The van der Waals surface area contributed by atoms with Crippen LogP contribution in [-0.4, -0.2) is 111 Å². The number of hydrogen-bond acceptors (Lipinski definition) is 9. The smallest absolute Gasteiger partial charge is 0.327 e. The molecule has 2 amide bonds. The SMILES string of the molecule is COC[C@H](CSC[C@H](N)C(=O)N[C@@H](C)COCCOCCOCCP(=O)(O)O)NC(C)=O. The van der Waals surface area contributed by atoms with Gasteiger partial charge >= 0.3 is 7.60 Å². The van der Waals surface area contributed by atoms with E-state index in [1.54, 1.807) is 14.0 Å². The van der Waals surface area contributed by atoms with E-state index in [1.165, 1.54) is 18.7 Å². The van der Waals surface area contributed by atoms with E-state index in [4.69, 9.17) is 34.5 Å². The Morgan fingerprint density at radius 2 is 1.59 bits per heavy atom. The summed E-state index contributed by atoms with van der Waals surface area (Å²) in [6, 6.07) is -1.05. The van der Waals surface area contributed by atoms with Crippen molar-refractivity contribution in [3.05, 3.63) is 0 Å². The first-order valence-electron chi connectivity index (χ1n) is 10.2. The van der Waals surface area contributed by atoms with Gasteiger partial charge in [-0.25, -0.2) is 0 Å². The highest BCUT2D eigenvalue weighted by atomic mass is 32.2. The number of nitrogens with two attached hydrogens (primary N) is 1. The second-order valence-corrected chi connectivity index (χ2v) is 9.95. The van der Waals surface area contributed by atoms with Crippen LogP contribution in [0.5, 0.6) is 0 Å². The van der Waals surface area contributed by atoms with Crippen molar-refractivity contribution >= 4 is 31.2 Å². The van der Waals surface area contributed by atoms with Crippen molar-refractivity contribution in [2.45, 2.75) is 32.0 Å². The average molecular weight is 504 g/mol. The van der Waals surface area contributed by atoms with E-state index in [0.717, 1.165) is 0 Å². The third kappa shape index (κ3) is 19.9. The van der Waals surface area contributed by atoms with Gasteiger partial charge in [-0.1, -0.05) is 0 Å². The summed E-state index contributed by atoms with van der Waals surface area (Å²) in [4.78, 5) is 40.7. The normalized spacial score (nSPS) is 14.6. The van der Waals surface area contributed by atoms with Crippen molar-refractivity contribution in [3.8, 4) is 0 Å². The predicted octanol–water partition coefficient (Wildman–Crippen LogP) is -1.07. The molecular weight excluding hydrogens is 465 g/mol. The third-order valence-corrected chi connectivity index (χ3v) is 5.75. The molecule has 0 aliphatic rings. The molecule has 0 aliphatic heterocycles. The first kappa shape index (κ1) is 31.2. The van der Waals surface area contributed by atoms with E-state index < -0.39 is 13.6 Å². The van der Waals surface area contributed by atoms with Crippen LogP contribution in [0, 0.1) is 0 Å². The van der Waals surface area contributed by atoms with Crippen molar-refractivity contribution < 1.29 is 42.9 Å². The maximum absolute atomic E-state index is 12.2. The minimum atomic E-state index is -4.02. The molecule has 0 saturated heterocycles. The van der Waals surface area contributed by atoms with E-state index in [9.17, 15) is 14.2 Å². The quantitative estimate of drug-likeness (QED) is 0.101. The van der Waals surface area contributed by atoms with Crippen LogP contribution in [-0.2, 0) is 33.1 Å². The van der Waals surface area contributed by atoms with Gasteiger partial charge in [-0.2, -0.15) is 11.8 Å². The van der Waals surface area contributed by atoms with Crippen LogP contribution in [0.2, 0.25) is 0 Å². The molecule has 0 rings (SSSR count). The Bertz CT molecular complexity index is 568. The number of thioether (sulfide) groups is 1. The van der Waals surface area contributed by atoms with Crippen LogP contribution in [0.3, 0.4) is 0 Å². The summed E-state index contributed by atoms with van der Waals surface area (Å²) in [6.45, 7) is 5.09. The molecule has 0 aromatic heterocycles. The molecule has 0 unspecified atom stereocenters. The molecule has 0 heterocycles. The molecule has 0 aromatic rings. The lowest BCUT2D eigenvalue weighted by atomic mass is 10.3. The standard InChI is InChI=1S/C18H38N3O9PS/c1-14(10-30-7-6-28-4-5-29-8-9-31(24,25)26)20-18(23)17(19)13-32-12-16(11-27-3)21-15(2)22/h14,16-17H,4-13,19H2,1-3H3,(H,20,23)(H,21,22)(H2,24,25,26)/t14-,16+,17-/m0/s1. The first-order valence-corrected chi connectivity index (χ1v) is 13.2. The minimum absolute atomic E-state index is 0.0228. The lowest BCUT2D eigenvalue weighted by Gasteiger charge is -2.19. The Morgan fingerprint density at radius 3 is 2.16 bits per heavy atom. The number of ether oxygens (including phenoxy) is 4. The lowest BCUT2D eigenvalue weighted by molar-refractivity contribution is -0.123. The zero-order valence-electron chi connectivity index (χ0n) is 19.0. The lowest BCUT2D eigenvalue weighted by Crippen LogP contribution is -2.47. The van der Waals surface area contributed by atoms with Gasteiger partial charge in [0.1, 0.15) is 0 Å². The van der Waals surface area contributed by atoms with Crippen LogP contribution in [0.1, 0.15) is 13.8 Å². The zero-order chi connectivity index (χ0) is 24.4. The monoisotopic (exact) mass is 503 g/mol. The molecule has 12 nitrogen and oxygen atoms in total. The Kier molecular flexibility index (Phi) is 18.2. The van der Waals surface area contributed by atoms with E-state index in [-0.39, 0.29) is 49.9 Å². The molecule has 0 fully saturated rings. The molecule has 0 radical (unpaired) electrons. The fourth-order valence-electron chi connectivity index (χ4n) is 2.31. The van der Waals surface area contributed by atoms with Gasteiger partial charge in [0.2, 0.25) is 11.8 Å². The zero-order valence-corrected chi connectivity index (χ0v) is 20.7. The molecule has 0 aromatic carbocycles. The van der Waals surface area contributed by atoms with Crippen LogP contribution in [0.4, 0.5) is 0 Å². The van der Waals surface area contributed by atoms with Crippen molar-refractivity contribution in [1.29, 1.82) is 0 Å². The van der Waals surface area contributed by atoms with Crippen molar-refractivity contribution in [2.24, 2.45) is 5.73 Å². The number of nitrogens with one attached hydrogen (secondary N) is 2. The number of rotatable bonds is 20. The van der Waals surface area contributed by atoms with E-state index in [1.807, 2.05) is 0 Å². The Balaban J connectivity index is 3.77. The molecule has 0 spiro atoms. The second-order valence-electron chi connectivity index (χ2n) is 7.09. The van der Waals surface area contributed by atoms with Crippen LogP contribution in [0.25, 0.3) is 0 Å². The largest absolute Gasteiger partial charge is 0.383 e. The van der Waals surface area contributed by atoms with Gasteiger partial charge in [0, 0.05) is 31.6 Å². The molecule has 3 atom stereocenters. The van der Waals surface area contributed by atoms with Crippen molar-refractivity contribution in [1.82, 2.24) is 10.6 Å². The molecule has 14 heteroatoms. The van der Waals surface area contributed by atoms with Gasteiger partial charge in [-0.15, -0.1) is 0 Å².